The molecule has 3 aromatic rings. The molecule has 2 aromatic heterocycles. The fourth-order valence-electron chi connectivity index (χ4n) is 4.14. The van der Waals surface area contributed by atoms with Crippen LogP contribution in [0.3, 0.4) is 0 Å². The first-order valence-corrected chi connectivity index (χ1v) is 10.5. The van der Waals surface area contributed by atoms with E-state index in [-0.39, 0.29) is 28.7 Å². The molecule has 1 N–H and O–H groups in total. The van der Waals surface area contributed by atoms with Crippen LogP contribution >= 0.6 is 0 Å². The predicted molar refractivity (Wildman–Crippen MR) is 113 cm³/mol. The van der Waals surface area contributed by atoms with Crippen molar-refractivity contribution in [2.24, 2.45) is 0 Å². The number of benzene rings is 1. The number of carbonyl (C=O) groups is 2. The summed E-state index contributed by atoms with van der Waals surface area (Å²) in [6, 6.07) is 8.20. The number of piperazine rings is 1. The van der Waals surface area contributed by atoms with Gasteiger partial charge in [-0.1, -0.05) is 6.92 Å². The highest BCUT2D eigenvalue weighted by Gasteiger charge is 2.43. The van der Waals surface area contributed by atoms with Crippen molar-refractivity contribution < 1.29 is 14.0 Å². The number of aromatic nitrogens is 3. The number of nitrogens with zero attached hydrogens (tertiary/aromatic N) is 4. The third-order valence-corrected chi connectivity index (χ3v) is 6.53. The van der Waals surface area contributed by atoms with Crippen molar-refractivity contribution in [1.82, 2.24) is 24.8 Å². The van der Waals surface area contributed by atoms with Crippen LogP contribution in [0, 0.1) is 5.82 Å². The lowest BCUT2D eigenvalue weighted by molar-refractivity contribution is -0.133. The Hall–Kier alpha value is -3.29. The summed E-state index contributed by atoms with van der Waals surface area (Å²) in [7, 11) is 0. The number of carbonyl (C=O) groups excluding carboxylic acids is 2. The van der Waals surface area contributed by atoms with Gasteiger partial charge in [-0.2, -0.15) is 5.10 Å². The Kier molecular flexibility index (Phi) is 4.19. The van der Waals surface area contributed by atoms with Gasteiger partial charge in [0.1, 0.15) is 17.1 Å². The van der Waals surface area contributed by atoms with Gasteiger partial charge >= 0.3 is 0 Å². The Morgan fingerprint density at radius 1 is 1.16 bits per heavy atom. The van der Waals surface area contributed by atoms with Crippen LogP contribution in [-0.4, -0.2) is 49.9 Å². The Morgan fingerprint density at radius 2 is 1.87 bits per heavy atom. The van der Waals surface area contributed by atoms with E-state index in [0.717, 1.165) is 24.0 Å². The molecule has 0 bridgehead atoms. The van der Waals surface area contributed by atoms with E-state index in [9.17, 15) is 14.0 Å². The molecule has 0 radical (unpaired) electrons. The predicted octanol–water partition coefficient (Wildman–Crippen LogP) is 2.94. The zero-order chi connectivity index (χ0) is 22.0. The summed E-state index contributed by atoms with van der Waals surface area (Å²) in [6.07, 6.45) is 3.69. The number of hydrogen-bond donors (Lipinski definition) is 1. The molecule has 2 amide bonds. The van der Waals surface area contributed by atoms with Crippen LogP contribution < -0.4 is 5.32 Å². The first-order valence-electron chi connectivity index (χ1n) is 10.5. The zero-order valence-corrected chi connectivity index (χ0v) is 17.8. The van der Waals surface area contributed by atoms with E-state index in [1.807, 2.05) is 6.07 Å². The molecule has 31 heavy (non-hydrogen) atoms. The second-order valence-electron chi connectivity index (χ2n) is 9.18. The van der Waals surface area contributed by atoms with Gasteiger partial charge in [-0.3, -0.25) is 9.59 Å². The number of rotatable bonds is 3. The summed E-state index contributed by atoms with van der Waals surface area (Å²) < 4.78 is 15.0. The summed E-state index contributed by atoms with van der Waals surface area (Å²) in [6.45, 7) is 6.47. The van der Waals surface area contributed by atoms with Crippen LogP contribution in [0.4, 0.5) is 4.39 Å². The van der Waals surface area contributed by atoms with Crippen LogP contribution in [0.15, 0.2) is 36.5 Å². The maximum Gasteiger partial charge on any atom is 0.275 e. The van der Waals surface area contributed by atoms with E-state index >= 15 is 0 Å². The largest absolute Gasteiger partial charge is 0.352 e. The van der Waals surface area contributed by atoms with E-state index in [0.29, 0.717) is 24.4 Å². The molecule has 3 heterocycles. The van der Waals surface area contributed by atoms with Gasteiger partial charge in [-0.05, 0) is 62.4 Å². The Labute approximate surface area is 179 Å². The minimum atomic E-state index is -0.955. The van der Waals surface area contributed by atoms with E-state index in [1.54, 1.807) is 41.6 Å². The summed E-state index contributed by atoms with van der Waals surface area (Å²) in [4.78, 5) is 31.8. The molecular weight excluding hydrogens is 397 g/mol. The number of nitrogens with one attached hydrogen (secondary N) is 1. The lowest BCUT2D eigenvalue weighted by atomic mass is 9.98. The molecule has 7 nitrogen and oxygen atoms in total. The number of imidazole rings is 1. The van der Waals surface area contributed by atoms with Crippen LogP contribution in [0.1, 0.15) is 49.7 Å². The third kappa shape index (κ3) is 3.17. The zero-order valence-electron chi connectivity index (χ0n) is 17.8. The van der Waals surface area contributed by atoms with Gasteiger partial charge in [-0.25, -0.2) is 13.9 Å². The second-order valence-corrected chi connectivity index (χ2v) is 9.18. The molecule has 2 fully saturated rings. The molecule has 1 saturated heterocycles. The molecule has 1 aliphatic carbocycles. The highest BCUT2D eigenvalue weighted by molar-refractivity contribution is 5.99. The van der Waals surface area contributed by atoms with Gasteiger partial charge in [0.2, 0.25) is 5.91 Å². The molecule has 1 aliphatic heterocycles. The minimum Gasteiger partial charge on any atom is -0.352 e. The van der Waals surface area contributed by atoms with Crippen molar-refractivity contribution in [3.63, 3.8) is 0 Å². The summed E-state index contributed by atoms with van der Waals surface area (Å²) in [5.74, 6) is -0.776. The summed E-state index contributed by atoms with van der Waals surface area (Å²) >= 11 is 0. The van der Waals surface area contributed by atoms with Gasteiger partial charge in [0.05, 0.1) is 11.9 Å². The minimum absolute atomic E-state index is 0.0189. The van der Waals surface area contributed by atoms with Crippen molar-refractivity contribution in [1.29, 1.82) is 0 Å². The quantitative estimate of drug-likeness (QED) is 0.705. The average molecular weight is 421 g/mol. The fourth-order valence-corrected chi connectivity index (χ4v) is 4.14. The number of hydrogen-bond acceptors (Lipinski definition) is 4. The van der Waals surface area contributed by atoms with Gasteiger partial charge < -0.3 is 10.2 Å². The highest BCUT2D eigenvalue weighted by atomic mass is 19.1. The lowest BCUT2D eigenvalue weighted by Gasteiger charge is -2.40. The first-order chi connectivity index (χ1) is 14.7. The molecule has 0 spiro atoms. The van der Waals surface area contributed by atoms with E-state index in [4.69, 9.17) is 0 Å². The molecule has 0 atom stereocenters. The van der Waals surface area contributed by atoms with E-state index < -0.39 is 5.54 Å². The monoisotopic (exact) mass is 421 g/mol. The standard InChI is InChI=1S/C23H24FN5O2/c1-22(2)21(31)25-10-11-28(22)20(30)18-13-29-19(26-18)16(23(3)8-9-23)12-17(27-29)14-4-6-15(24)7-5-14/h4-7,12-13H,8-11H2,1-3H3,(H,25,31). The fraction of sp³-hybridized carbons (Fsp3) is 0.391. The molecular formula is C23H24FN5O2. The number of fused-ring (bicyclic) bond motifs is 1. The smallest absolute Gasteiger partial charge is 0.275 e. The van der Waals surface area contributed by atoms with Gasteiger partial charge in [0.15, 0.2) is 5.65 Å². The maximum atomic E-state index is 13.4. The van der Waals surface area contributed by atoms with Gasteiger partial charge in [-0.15, -0.1) is 0 Å². The Bertz CT molecular complexity index is 1210. The molecule has 0 unspecified atom stereocenters. The maximum absolute atomic E-state index is 13.4. The van der Waals surface area contributed by atoms with E-state index in [1.165, 1.54) is 12.1 Å². The van der Waals surface area contributed by atoms with Crippen molar-refractivity contribution in [2.75, 3.05) is 13.1 Å². The molecule has 2 aliphatic rings. The molecule has 160 valence electrons. The second kappa shape index (κ2) is 6.60. The number of halogens is 1. The first kappa shape index (κ1) is 19.7. The highest BCUT2D eigenvalue weighted by Crippen LogP contribution is 2.49. The molecule has 1 saturated carbocycles. The molecule has 5 rings (SSSR count). The van der Waals surface area contributed by atoms with Crippen molar-refractivity contribution in [2.45, 2.75) is 44.6 Å². The lowest BCUT2D eigenvalue weighted by Crippen LogP contribution is -2.63. The Balaban J connectivity index is 1.61. The SMILES string of the molecule is CC1(c2cc(-c3ccc(F)cc3)nn3cc(C(=O)N4CCNC(=O)C4(C)C)nc23)CC1. The van der Waals surface area contributed by atoms with Crippen molar-refractivity contribution in [3.8, 4) is 11.3 Å². The summed E-state index contributed by atoms with van der Waals surface area (Å²) in [5, 5.41) is 7.46. The number of amides is 2. The normalized spacial score (nSPS) is 19.4. The van der Waals surface area contributed by atoms with Crippen LogP contribution in [0.25, 0.3) is 16.9 Å². The summed E-state index contributed by atoms with van der Waals surface area (Å²) in [5.41, 5.74) is 2.45. The van der Waals surface area contributed by atoms with Gasteiger partial charge in [0, 0.05) is 24.2 Å². The van der Waals surface area contributed by atoms with Crippen LogP contribution in [0.2, 0.25) is 0 Å². The average Bonchev–Trinajstić information content (AvgIpc) is 3.33. The molecule has 1 aromatic carbocycles. The van der Waals surface area contributed by atoms with Crippen LogP contribution in [-0.2, 0) is 10.2 Å². The van der Waals surface area contributed by atoms with E-state index in [2.05, 4.69) is 22.3 Å². The molecule has 8 heteroatoms. The third-order valence-electron chi connectivity index (χ3n) is 6.53. The topological polar surface area (TPSA) is 79.6 Å². The Morgan fingerprint density at radius 3 is 2.55 bits per heavy atom. The van der Waals surface area contributed by atoms with Crippen molar-refractivity contribution >= 4 is 17.5 Å². The van der Waals surface area contributed by atoms with Crippen LogP contribution in [0.5, 0.6) is 0 Å². The van der Waals surface area contributed by atoms with Crippen molar-refractivity contribution in [3.05, 3.63) is 53.6 Å². The van der Waals surface area contributed by atoms with Gasteiger partial charge in [0.25, 0.3) is 5.91 Å².